The lowest BCUT2D eigenvalue weighted by atomic mass is 9.84. The van der Waals surface area contributed by atoms with Crippen molar-refractivity contribution in [3.63, 3.8) is 0 Å². The Bertz CT molecular complexity index is 1470. The van der Waals surface area contributed by atoms with Crippen LogP contribution in [-0.2, 0) is 9.53 Å². The Hall–Kier alpha value is -4.78. The summed E-state index contributed by atoms with van der Waals surface area (Å²) < 4.78 is 7.22. The van der Waals surface area contributed by atoms with E-state index in [2.05, 4.69) is 5.32 Å². The summed E-state index contributed by atoms with van der Waals surface area (Å²) in [5.74, 6) is -1.71. The molecule has 1 aromatic heterocycles. The molecule has 0 saturated heterocycles. The van der Waals surface area contributed by atoms with Gasteiger partial charge in [-0.05, 0) is 61.5 Å². The Kier molecular flexibility index (Phi) is 5.58. The maximum absolute atomic E-state index is 12.9. The van der Waals surface area contributed by atoms with Gasteiger partial charge in [0, 0.05) is 46.0 Å². The molecular formula is C28H20N2O5. The van der Waals surface area contributed by atoms with Crippen LogP contribution in [0, 0.1) is 0 Å². The number of carbonyl (C=O) groups is 4. The Morgan fingerprint density at radius 3 is 2.03 bits per heavy atom. The van der Waals surface area contributed by atoms with Gasteiger partial charge in [-0.2, -0.15) is 0 Å². The molecule has 1 N–H and O–H groups in total. The smallest absolute Gasteiger partial charge is 0.338 e. The largest absolute Gasteiger partial charge is 0.449 e. The SMILES string of the molecule is CC(OC(=O)c1ccc(-n2cccc2)cc1)C(=O)Nc1ccc2c(c1)C(=O)c1ccccc1C2=O. The summed E-state index contributed by atoms with van der Waals surface area (Å²) in [6, 6.07) is 21.8. The van der Waals surface area contributed by atoms with Crippen LogP contribution in [0.25, 0.3) is 5.69 Å². The van der Waals surface area contributed by atoms with E-state index in [1.54, 1.807) is 54.6 Å². The lowest BCUT2D eigenvalue weighted by Crippen LogP contribution is -2.30. The van der Waals surface area contributed by atoms with Crippen molar-refractivity contribution < 1.29 is 23.9 Å². The van der Waals surface area contributed by atoms with Crippen LogP contribution in [-0.4, -0.2) is 34.1 Å². The molecule has 1 aliphatic carbocycles. The highest BCUT2D eigenvalue weighted by Crippen LogP contribution is 2.29. The van der Waals surface area contributed by atoms with Gasteiger partial charge < -0.3 is 14.6 Å². The third-order valence-electron chi connectivity index (χ3n) is 5.85. The molecule has 0 radical (unpaired) electrons. The molecular weight excluding hydrogens is 444 g/mol. The first-order valence-electron chi connectivity index (χ1n) is 11.0. The lowest BCUT2D eigenvalue weighted by molar-refractivity contribution is -0.123. The average molecular weight is 464 g/mol. The molecule has 7 heteroatoms. The molecule has 172 valence electrons. The number of ketones is 2. The van der Waals surface area contributed by atoms with Gasteiger partial charge in [0.25, 0.3) is 5.91 Å². The van der Waals surface area contributed by atoms with E-state index in [0.29, 0.717) is 22.4 Å². The first kappa shape index (κ1) is 22.0. The van der Waals surface area contributed by atoms with Gasteiger partial charge in [-0.25, -0.2) is 4.79 Å². The maximum Gasteiger partial charge on any atom is 0.338 e. The van der Waals surface area contributed by atoms with Gasteiger partial charge >= 0.3 is 5.97 Å². The molecule has 7 nitrogen and oxygen atoms in total. The second-order valence-electron chi connectivity index (χ2n) is 8.14. The number of ether oxygens (including phenoxy) is 1. The van der Waals surface area contributed by atoms with Gasteiger partial charge in [-0.15, -0.1) is 0 Å². The number of carbonyl (C=O) groups excluding carboxylic acids is 4. The molecule has 5 rings (SSSR count). The van der Waals surface area contributed by atoms with Crippen molar-refractivity contribution in [1.82, 2.24) is 4.57 Å². The summed E-state index contributed by atoms with van der Waals surface area (Å²) in [5, 5.41) is 2.65. The summed E-state index contributed by atoms with van der Waals surface area (Å²) in [6.45, 7) is 1.46. The maximum atomic E-state index is 12.9. The van der Waals surface area contributed by atoms with E-state index in [0.717, 1.165) is 5.69 Å². The molecule has 1 amide bonds. The minimum absolute atomic E-state index is 0.221. The van der Waals surface area contributed by atoms with Gasteiger partial charge in [-0.3, -0.25) is 14.4 Å². The van der Waals surface area contributed by atoms with E-state index in [1.807, 2.05) is 29.1 Å². The average Bonchev–Trinajstić information content (AvgIpc) is 3.42. The van der Waals surface area contributed by atoms with Gasteiger partial charge in [-0.1, -0.05) is 24.3 Å². The molecule has 1 atom stereocenters. The zero-order valence-corrected chi connectivity index (χ0v) is 18.7. The Balaban J connectivity index is 1.26. The van der Waals surface area contributed by atoms with Crippen molar-refractivity contribution in [3.8, 4) is 5.69 Å². The number of nitrogens with zero attached hydrogens (tertiary/aromatic N) is 1. The topological polar surface area (TPSA) is 94.5 Å². The zero-order chi connectivity index (χ0) is 24.5. The second kappa shape index (κ2) is 8.87. The Morgan fingerprint density at radius 1 is 0.771 bits per heavy atom. The fourth-order valence-electron chi connectivity index (χ4n) is 3.98. The van der Waals surface area contributed by atoms with E-state index in [-0.39, 0.29) is 22.7 Å². The van der Waals surface area contributed by atoms with Gasteiger partial charge in [0.1, 0.15) is 0 Å². The highest BCUT2D eigenvalue weighted by molar-refractivity contribution is 6.28. The molecule has 0 saturated carbocycles. The van der Waals surface area contributed by atoms with E-state index >= 15 is 0 Å². The summed E-state index contributed by atoms with van der Waals surface area (Å²) >= 11 is 0. The number of amides is 1. The Labute approximate surface area is 201 Å². The van der Waals surface area contributed by atoms with Crippen molar-refractivity contribution in [3.05, 3.63) is 119 Å². The molecule has 0 spiro atoms. The first-order valence-corrected chi connectivity index (χ1v) is 11.0. The highest BCUT2D eigenvalue weighted by Gasteiger charge is 2.29. The number of hydrogen-bond donors (Lipinski definition) is 1. The number of nitrogens with one attached hydrogen (secondary N) is 1. The molecule has 1 unspecified atom stereocenters. The predicted molar refractivity (Wildman–Crippen MR) is 129 cm³/mol. The molecule has 4 aromatic rings. The second-order valence-corrected chi connectivity index (χ2v) is 8.14. The molecule has 0 fully saturated rings. The lowest BCUT2D eigenvalue weighted by Gasteiger charge is -2.19. The van der Waals surface area contributed by atoms with Gasteiger partial charge in [0.2, 0.25) is 0 Å². The molecule has 35 heavy (non-hydrogen) atoms. The van der Waals surface area contributed by atoms with Gasteiger partial charge in [0.15, 0.2) is 17.7 Å². The highest BCUT2D eigenvalue weighted by atomic mass is 16.5. The van der Waals surface area contributed by atoms with Crippen LogP contribution >= 0.6 is 0 Å². The van der Waals surface area contributed by atoms with Crippen LogP contribution in [0.1, 0.15) is 49.1 Å². The van der Waals surface area contributed by atoms with Crippen molar-refractivity contribution in [2.75, 3.05) is 5.32 Å². The van der Waals surface area contributed by atoms with Crippen molar-refractivity contribution >= 4 is 29.1 Å². The van der Waals surface area contributed by atoms with Crippen molar-refractivity contribution in [1.29, 1.82) is 0 Å². The van der Waals surface area contributed by atoms with Crippen molar-refractivity contribution in [2.24, 2.45) is 0 Å². The quantitative estimate of drug-likeness (QED) is 0.388. The van der Waals surface area contributed by atoms with E-state index in [4.69, 9.17) is 4.74 Å². The Morgan fingerprint density at radius 2 is 1.37 bits per heavy atom. The summed E-state index contributed by atoms with van der Waals surface area (Å²) in [6.07, 6.45) is 2.70. The third kappa shape index (κ3) is 4.15. The van der Waals surface area contributed by atoms with Crippen LogP contribution in [0.2, 0.25) is 0 Å². The van der Waals surface area contributed by atoms with Crippen LogP contribution in [0.4, 0.5) is 5.69 Å². The van der Waals surface area contributed by atoms with E-state index in [9.17, 15) is 19.2 Å². The van der Waals surface area contributed by atoms with Crippen LogP contribution in [0.5, 0.6) is 0 Å². The third-order valence-corrected chi connectivity index (χ3v) is 5.85. The van der Waals surface area contributed by atoms with Crippen LogP contribution < -0.4 is 5.32 Å². The number of anilines is 1. The van der Waals surface area contributed by atoms with E-state index < -0.39 is 18.0 Å². The molecule has 0 aliphatic heterocycles. The standard InChI is InChI=1S/C28H20N2O5/c1-17(35-28(34)18-8-11-20(12-9-18)30-14-4-5-15-30)27(33)29-19-10-13-23-24(16-19)26(32)22-7-3-2-6-21(22)25(23)31/h2-17H,1H3,(H,29,33). The molecule has 3 aromatic carbocycles. The van der Waals surface area contributed by atoms with Crippen LogP contribution in [0.3, 0.4) is 0 Å². The number of hydrogen-bond acceptors (Lipinski definition) is 5. The molecule has 1 heterocycles. The predicted octanol–water partition coefficient (Wildman–Crippen LogP) is 4.44. The summed E-state index contributed by atoms with van der Waals surface area (Å²) in [7, 11) is 0. The van der Waals surface area contributed by atoms with Crippen molar-refractivity contribution in [2.45, 2.75) is 13.0 Å². The zero-order valence-electron chi connectivity index (χ0n) is 18.7. The molecule has 1 aliphatic rings. The first-order chi connectivity index (χ1) is 16.9. The number of esters is 1. The fraction of sp³-hybridized carbons (Fsp3) is 0.0714. The number of fused-ring (bicyclic) bond motifs is 2. The molecule has 0 bridgehead atoms. The van der Waals surface area contributed by atoms with E-state index in [1.165, 1.54) is 19.1 Å². The van der Waals surface area contributed by atoms with Crippen LogP contribution in [0.15, 0.2) is 91.3 Å². The minimum atomic E-state index is -1.08. The fourth-order valence-corrected chi connectivity index (χ4v) is 3.98. The number of benzene rings is 3. The monoisotopic (exact) mass is 464 g/mol. The van der Waals surface area contributed by atoms with Gasteiger partial charge in [0.05, 0.1) is 5.56 Å². The normalized spacial score (nSPS) is 12.9. The summed E-state index contributed by atoms with van der Waals surface area (Å²) in [4.78, 5) is 50.8. The number of rotatable bonds is 5. The number of aromatic nitrogens is 1. The minimum Gasteiger partial charge on any atom is -0.449 e. The summed E-state index contributed by atoms with van der Waals surface area (Å²) in [5.41, 5.74) is 2.74.